The van der Waals surface area contributed by atoms with Gasteiger partial charge < -0.3 is 4.18 Å². The third-order valence-electron chi connectivity index (χ3n) is 2.56. The van der Waals surface area contributed by atoms with E-state index in [0.717, 1.165) is 10.0 Å². The fourth-order valence-corrected chi connectivity index (χ4v) is 2.61. The molecule has 0 N–H and O–H groups in total. The van der Waals surface area contributed by atoms with Gasteiger partial charge in [0.25, 0.3) is 0 Å². The number of fused-ring (bicyclic) bond motifs is 1. The molecule has 1 aromatic carbocycles. The molecule has 1 aliphatic rings. The highest BCUT2D eigenvalue weighted by Gasteiger charge is 2.48. The smallest absolute Gasteiger partial charge is 0.381 e. The summed E-state index contributed by atoms with van der Waals surface area (Å²) >= 11 is 3.28. The van der Waals surface area contributed by atoms with Gasteiger partial charge in [0.2, 0.25) is 0 Å². The largest absolute Gasteiger partial charge is 0.534 e. The summed E-state index contributed by atoms with van der Waals surface area (Å²) < 4.78 is 63.3. The van der Waals surface area contributed by atoms with Gasteiger partial charge >= 0.3 is 15.6 Å². The minimum absolute atomic E-state index is 0.110. The third-order valence-corrected chi connectivity index (χ3v) is 4.06. The highest BCUT2D eigenvalue weighted by Crippen LogP contribution is 2.32. The molecule has 19 heavy (non-hydrogen) atoms. The molecule has 0 bridgehead atoms. The first-order chi connectivity index (χ1) is 8.69. The summed E-state index contributed by atoms with van der Waals surface area (Å²) in [5, 5.41) is 0. The quantitative estimate of drug-likeness (QED) is 0.600. The molecule has 0 saturated carbocycles. The Bertz CT molecular complexity index is 635. The molecule has 0 fully saturated rings. The van der Waals surface area contributed by atoms with E-state index in [1.807, 2.05) is 6.07 Å². The van der Waals surface area contributed by atoms with Crippen molar-refractivity contribution < 1.29 is 25.8 Å². The summed E-state index contributed by atoms with van der Waals surface area (Å²) in [4.78, 5) is 0. The molecule has 2 rings (SSSR count). The van der Waals surface area contributed by atoms with Crippen LogP contribution in [0.15, 0.2) is 28.4 Å². The summed E-state index contributed by atoms with van der Waals surface area (Å²) in [7, 11) is -5.59. The van der Waals surface area contributed by atoms with Gasteiger partial charge in [0, 0.05) is 10.9 Å². The first-order valence-corrected chi connectivity index (χ1v) is 7.39. The van der Waals surface area contributed by atoms with Gasteiger partial charge in [0.1, 0.15) is 5.76 Å². The van der Waals surface area contributed by atoms with E-state index >= 15 is 0 Å². The van der Waals surface area contributed by atoms with Crippen LogP contribution in [-0.4, -0.2) is 13.9 Å². The maximum atomic E-state index is 12.2. The number of halogens is 4. The molecule has 0 radical (unpaired) electrons. The normalized spacial score (nSPS) is 15.7. The Kier molecular flexibility index (Phi) is 3.65. The number of rotatable bonds is 2. The number of aryl methyl sites for hydroxylation is 1. The Balaban J connectivity index is 2.28. The maximum absolute atomic E-state index is 12.2. The van der Waals surface area contributed by atoms with Gasteiger partial charge in [-0.1, -0.05) is 22.0 Å². The third kappa shape index (κ3) is 3.11. The molecule has 0 saturated heterocycles. The monoisotopic (exact) mass is 356 g/mol. The first kappa shape index (κ1) is 14.4. The Labute approximate surface area is 116 Å². The molecule has 1 aromatic rings. The van der Waals surface area contributed by atoms with E-state index in [1.165, 1.54) is 6.08 Å². The molecule has 8 heteroatoms. The molecule has 0 atom stereocenters. The standard InChI is InChI=1S/C11H8BrF3O3S/c12-9-3-1-8-6-10(4-2-7(8)5-9)18-19(16,17)11(13,14)15/h1,3,5-6H,2,4H2. The van der Waals surface area contributed by atoms with Crippen LogP contribution in [0.25, 0.3) is 6.08 Å². The number of allylic oxidation sites excluding steroid dienone is 1. The predicted octanol–water partition coefficient (Wildman–Crippen LogP) is 3.60. The maximum Gasteiger partial charge on any atom is 0.534 e. The zero-order valence-electron chi connectivity index (χ0n) is 9.37. The minimum Gasteiger partial charge on any atom is -0.381 e. The predicted molar refractivity (Wildman–Crippen MR) is 66.5 cm³/mol. The van der Waals surface area contributed by atoms with Gasteiger partial charge in [-0.3, -0.25) is 0 Å². The van der Waals surface area contributed by atoms with Gasteiger partial charge in [-0.05, 0) is 35.8 Å². The SMILES string of the molecule is O=S(=O)(OC1=Cc2ccc(Br)cc2CC1)C(F)(F)F. The van der Waals surface area contributed by atoms with Gasteiger partial charge in [-0.25, -0.2) is 0 Å². The van der Waals surface area contributed by atoms with Gasteiger partial charge in [0.05, 0.1) is 0 Å². The van der Waals surface area contributed by atoms with Crippen molar-refractivity contribution >= 4 is 32.1 Å². The van der Waals surface area contributed by atoms with Crippen LogP contribution < -0.4 is 0 Å². The zero-order valence-corrected chi connectivity index (χ0v) is 11.8. The van der Waals surface area contributed by atoms with Crippen molar-refractivity contribution in [3.63, 3.8) is 0 Å². The van der Waals surface area contributed by atoms with Crippen molar-refractivity contribution in [3.8, 4) is 0 Å². The van der Waals surface area contributed by atoms with Crippen molar-refractivity contribution in [1.29, 1.82) is 0 Å². The lowest BCUT2D eigenvalue weighted by atomic mass is 9.97. The molecule has 1 aliphatic carbocycles. The summed E-state index contributed by atoms with van der Waals surface area (Å²) in [5.74, 6) is -0.202. The highest BCUT2D eigenvalue weighted by molar-refractivity contribution is 9.10. The van der Waals surface area contributed by atoms with Crippen LogP contribution in [0.5, 0.6) is 0 Å². The Morgan fingerprint density at radius 3 is 2.53 bits per heavy atom. The van der Waals surface area contributed by atoms with Gasteiger partial charge in [-0.2, -0.15) is 21.6 Å². The van der Waals surface area contributed by atoms with Crippen LogP contribution in [0.4, 0.5) is 13.2 Å². The van der Waals surface area contributed by atoms with Crippen LogP contribution in [-0.2, 0) is 20.7 Å². The van der Waals surface area contributed by atoms with E-state index in [0.29, 0.717) is 12.0 Å². The van der Waals surface area contributed by atoms with Gasteiger partial charge in [-0.15, -0.1) is 0 Å². The molecular formula is C11H8BrF3O3S. The second kappa shape index (κ2) is 4.82. The van der Waals surface area contributed by atoms with Crippen LogP contribution in [0.3, 0.4) is 0 Å². The van der Waals surface area contributed by atoms with Crippen LogP contribution in [0, 0.1) is 0 Å². The van der Waals surface area contributed by atoms with Crippen LogP contribution in [0.1, 0.15) is 17.5 Å². The lowest BCUT2D eigenvalue weighted by Gasteiger charge is -2.17. The number of hydrogen-bond acceptors (Lipinski definition) is 3. The van der Waals surface area contributed by atoms with E-state index in [2.05, 4.69) is 20.1 Å². The number of alkyl halides is 3. The van der Waals surface area contributed by atoms with Crippen LogP contribution in [0.2, 0.25) is 0 Å². The zero-order chi connectivity index (χ0) is 14.3. The van der Waals surface area contributed by atoms with E-state index in [9.17, 15) is 21.6 Å². The Morgan fingerprint density at radius 2 is 1.89 bits per heavy atom. The Morgan fingerprint density at radius 1 is 1.21 bits per heavy atom. The number of benzene rings is 1. The summed E-state index contributed by atoms with van der Waals surface area (Å²) in [6, 6.07) is 5.24. The molecule has 3 nitrogen and oxygen atoms in total. The van der Waals surface area contributed by atoms with Gasteiger partial charge in [0.15, 0.2) is 0 Å². The molecule has 0 aromatic heterocycles. The van der Waals surface area contributed by atoms with Crippen molar-refractivity contribution in [3.05, 3.63) is 39.6 Å². The topological polar surface area (TPSA) is 43.4 Å². The summed E-state index contributed by atoms with van der Waals surface area (Å²) in [6.07, 6.45) is 1.85. The lowest BCUT2D eigenvalue weighted by Crippen LogP contribution is -2.25. The molecule has 0 spiro atoms. The molecule has 0 unspecified atom stereocenters. The van der Waals surface area contributed by atoms with E-state index in [-0.39, 0.29) is 12.2 Å². The van der Waals surface area contributed by atoms with E-state index in [4.69, 9.17) is 0 Å². The summed E-state index contributed by atoms with van der Waals surface area (Å²) in [5.41, 5.74) is -3.83. The van der Waals surface area contributed by atoms with E-state index < -0.39 is 15.6 Å². The van der Waals surface area contributed by atoms with Crippen molar-refractivity contribution in [1.82, 2.24) is 0 Å². The average molecular weight is 357 g/mol. The van der Waals surface area contributed by atoms with E-state index in [1.54, 1.807) is 12.1 Å². The Hall–Kier alpha value is -1.02. The number of hydrogen-bond donors (Lipinski definition) is 0. The van der Waals surface area contributed by atoms with Crippen molar-refractivity contribution in [2.24, 2.45) is 0 Å². The van der Waals surface area contributed by atoms with Crippen molar-refractivity contribution in [2.45, 2.75) is 18.3 Å². The first-order valence-electron chi connectivity index (χ1n) is 5.19. The second-order valence-electron chi connectivity index (χ2n) is 3.94. The average Bonchev–Trinajstić information content (AvgIpc) is 2.27. The fourth-order valence-electron chi connectivity index (χ4n) is 1.69. The highest BCUT2D eigenvalue weighted by atomic mass is 79.9. The van der Waals surface area contributed by atoms with Crippen molar-refractivity contribution in [2.75, 3.05) is 0 Å². The molecule has 104 valence electrons. The molecule has 0 aliphatic heterocycles. The molecular weight excluding hydrogens is 349 g/mol. The fraction of sp³-hybridized carbons (Fsp3) is 0.273. The summed E-state index contributed by atoms with van der Waals surface area (Å²) in [6.45, 7) is 0. The lowest BCUT2D eigenvalue weighted by molar-refractivity contribution is -0.0522. The molecule has 0 heterocycles. The van der Waals surface area contributed by atoms with Crippen LogP contribution >= 0.6 is 15.9 Å². The minimum atomic E-state index is -5.59. The molecule has 0 amide bonds. The second-order valence-corrected chi connectivity index (χ2v) is 6.39.